The molecule has 2 aromatic heterocycles. The van der Waals surface area contributed by atoms with Gasteiger partial charge in [-0.05, 0) is 52.3 Å². The summed E-state index contributed by atoms with van der Waals surface area (Å²) >= 11 is 3.38. The van der Waals surface area contributed by atoms with Crippen LogP contribution in [0.25, 0.3) is 0 Å². The van der Waals surface area contributed by atoms with Crippen LogP contribution in [0.3, 0.4) is 0 Å². The molecule has 0 spiro atoms. The van der Waals surface area contributed by atoms with E-state index in [0.717, 1.165) is 10.2 Å². The standard InChI is InChI=1S/C17H15BrFN3O3/c1-22-15(14(18)8-21-22)9-20-17(23)16-7-6-13(25-16)10-24-12-4-2-11(19)3-5-12/h2-8H,9-10H2,1H3,(H,20,23). The number of nitrogens with one attached hydrogen (secondary N) is 1. The molecular formula is C17H15BrFN3O3. The van der Waals surface area contributed by atoms with E-state index in [0.29, 0.717) is 18.1 Å². The zero-order valence-electron chi connectivity index (χ0n) is 13.3. The Morgan fingerprint density at radius 1 is 1.32 bits per heavy atom. The maximum absolute atomic E-state index is 12.8. The Morgan fingerprint density at radius 2 is 2.08 bits per heavy atom. The molecule has 0 unspecified atom stereocenters. The summed E-state index contributed by atoms with van der Waals surface area (Å²) in [5.74, 6) is 0.544. The van der Waals surface area contributed by atoms with Crippen LogP contribution >= 0.6 is 15.9 Å². The Bertz CT molecular complexity index is 854. The number of carbonyl (C=O) groups excluding carboxylic acids is 1. The second-order valence-electron chi connectivity index (χ2n) is 5.25. The molecule has 0 atom stereocenters. The highest BCUT2D eigenvalue weighted by atomic mass is 79.9. The van der Waals surface area contributed by atoms with Gasteiger partial charge in [-0.25, -0.2) is 4.39 Å². The molecule has 0 aliphatic rings. The number of halogens is 2. The summed E-state index contributed by atoms with van der Waals surface area (Å²) < 4.78 is 26.3. The monoisotopic (exact) mass is 407 g/mol. The van der Waals surface area contributed by atoms with Crippen LogP contribution in [0.1, 0.15) is 22.0 Å². The van der Waals surface area contributed by atoms with E-state index in [9.17, 15) is 9.18 Å². The van der Waals surface area contributed by atoms with Crippen molar-refractivity contribution in [2.24, 2.45) is 7.05 Å². The van der Waals surface area contributed by atoms with Gasteiger partial charge in [-0.15, -0.1) is 0 Å². The van der Waals surface area contributed by atoms with E-state index < -0.39 is 0 Å². The smallest absolute Gasteiger partial charge is 0.287 e. The summed E-state index contributed by atoms with van der Waals surface area (Å²) in [6, 6.07) is 8.92. The zero-order chi connectivity index (χ0) is 17.8. The second-order valence-corrected chi connectivity index (χ2v) is 6.11. The molecule has 130 valence electrons. The van der Waals surface area contributed by atoms with Crippen LogP contribution in [0.4, 0.5) is 4.39 Å². The van der Waals surface area contributed by atoms with Gasteiger partial charge in [-0.2, -0.15) is 5.10 Å². The quantitative estimate of drug-likeness (QED) is 0.679. The fraction of sp³-hybridized carbons (Fsp3) is 0.176. The average Bonchev–Trinajstić information content (AvgIpc) is 3.20. The van der Waals surface area contributed by atoms with Gasteiger partial charge in [0.1, 0.15) is 23.9 Å². The molecule has 0 radical (unpaired) electrons. The molecule has 6 nitrogen and oxygen atoms in total. The molecule has 0 saturated carbocycles. The Balaban J connectivity index is 1.55. The van der Waals surface area contributed by atoms with Crippen molar-refractivity contribution in [3.05, 3.63) is 70.1 Å². The minimum Gasteiger partial charge on any atom is -0.486 e. The highest BCUT2D eigenvalue weighted by molar-refractivity contribution is 9.10. The first-order valence-corrected chi connectivity index (χ1v) is 8.24. The molecule has 1 aromatic carbocycles. The number of amides is 1. The third kappa shape index (κ3) is 4.27. The molecule has 1 N–H and O–H groups in total. The topological polar surface area (TPSA) is 69.3 Å². The van der Waals surface area contributed by atoms with E-state index in [-0.39, 0.29) is 24.1 Å². The molecule has 0 saturated heterocycles. The first-order valence-electron chi connectivity index (χ1n) is 7.44. The highest BCUT2D eigenvalue weighted by Gasteiger charge is 2.13. The van der Waals surface area contributed by atoms with E-state index in [1.54, 1.807) is 30.1 Å². The lowest BCUT2D eigenvalue weighted by Gasteiger charge is -2.05. The van der Waals surface area contributed by atoms with E-state index in [2.05, 4.69) is 26.3 Å². The number of furan rings is 1. The molecule has 0 bridgehead atoms. The fourth-order valence-electron chi connectivity index (χ4n) is 2.15. The molecule has 1 amide bonds. The van der Waals surface area contributed by atoms with Crippen molar-refractivity contribution >= 4 is 21.8 Å². The van der Waals surface area contributed by atoms with Crippen LogP contribution in [0, 0.1) is 5.82 Å². The summed E-state index contributed by atoms with van der Waals surface area (Å²) in [5.41, 5.74) is 0.847. The molecule has 0 fully saturated rings. The molecule has 25 heavy (non-hydrogen) atoms. The number of aromatic nitrogens is 2. The Hall–Kier alpha value is -2.61. The van der Waals surface area contributed by atoms with Crippen LogP contribution < -0.4 is 10.1 Å². The van der Waals surface area contributed by atoms with Gasteiger partial charge in [0.25, 0.3) is 5.91 Å². The molecular weight excluding hydrogens is 393 g/mol. The van der Waals surface area contributed by atoms with E-state index in [1.165, 1.54) is 24.3 Å². The maximum atomic E-state index is 12.8. The van der Waals surface area contributed by atoms with E-state index in [1.807, 2.05) is 0 Å². The number of benzene rings is 1. The molecule has 0 aliphatic heterocycles. The summed E-state index contributed by atoms with van der Waals surface area (Å²) in [6.07, 6.45) is 1.67. The minimum absolute atomic E-state index is 0.145. The molecule has 3 rings (SSSR count). The normalized spacial score (nSPS) is 10.7. The zero-order valence-corrected chi connectivity index (χ0v) is 14.9. The highest BCUT2D eigenvalue weighted by Crippen LogP contribution is 2.16. The van der Waals surface area contributed by atoms with E-state index in [4.69, 9.17) is 9.15 Å². The summed E-state index contributed by atoms with van der Waals surface area (Å²) in [5, 5.41) is 6.85. The summed E-state index contributed by atoms with van der Waals surface area (Å²) in [7, 11) is 1.80. The van der Waals surface area contributed by atoms with Gasteiger partial charge in [0.05, 0.1) is 22.9 Å². The van der Waals surface area contributed by atoms with Crippen molar-refractivity contribution in [3.63, 3.8) is 0 Å². The SMILES string of the molecule is Cn1ncc(Br)c1CNC(=O)c1ccc(COc2ccc(F)cc2)o1. The van der Waals surface area contributed by atoms with Crippen molar-refractivity contribution in [1.82, 2.24) is 15.1 Å². The second kappa shape index (κ2) is 7.52. The van der Waals surface area contributed by atoms with Crippen LogP contribution in [-0.4, -0.2) is 15.7 Å². The summed E-state index contributed by atoms with van der Waals surface area (Å²) in [6.45, 7) is 0.463. The van der Waals surface area contributed by atoms with Gasteiger partial charge in [0.2, 0.25) is 0 Å². The third-order valence-electron chi connectivity index (χ3n) is 3.51. The molecule has 0 aliphatic carbocycles. The average molecular weight is 408 g/mol. The predicted octanol–water partition coefficient (Wildman–Crippen LogP) is 3.42. The van der Waals surface area contributed by atoms with Gasteiger partial charge >= 0.3 is 0 Å². The van der Waals surface area contributed by atoms with Gasteiger partial charge in [-0.3, -0.25) is 9.48 Å². The van der Waals surface area contributed by atoms with Gasteiger partial charge in [0, 0.05) is 7.05 Å². The van der Waals surface area contributed by atoms with Crippen molar-refractivity contribution in [1.29, 1.82) is 0 Å². The number of hydrogen-bond acceptors (Lipinski definition) is 4. The van der Waals surface area contributed by atoms with Crippen molar-refractivity contribution < 1.29 is 18.3 Å². The lowest BCUT2D eigenvalue weighted by molar-refractivity contribution is 0.0918. The van der Waals surface area contributed by atoms with Crippen LogP contribution in [0.15, 0.2) is 51.5 Å². The number of carbonyl (C=O) groups is 1. The lowest BCUT2D eigenvalue weighted by atomic mass is 10.3. The van der Waals surface area contributed by atoms with Crippen molar-refractivity contribution in [3.8, 4) is 5.75 Å². The first-order chi connectivity index (χ1) is 12.0. The van der Waals surface area contributed by atoms with Gasteiger partial charge < -0.3 is 14.5 Å². The Labute approximate surface area is 151 Å². The van der Waals surface area contributed by atoms with E-state index >= 15 is 0 Å². The largest absolute Gasteiger partial charge is 0.486 e. The number of rotatable bonds is 6. The van der Waals surface area contributed by atoms with Crippen molar-refractivity contribution in [2.75, 3.05) is 0 Å². The number of hydrogen-bond donors (Lipinski definition) is 1. The predicted molar refractivity (Wildman–Crippen MR) is 91.5 cm³/mol. The first kappa shape index (κ1) is 17.2. The summed E-state index contributed by atoms with van der Waals surface area (Å²) in [4.78, 5) is 12.2. The van der Waals surface area contributed by atoms with Gasteiger partial charge in [-0.1, -0.05) is 0 Å². The number of aryl methyl sites for hydroxylation is 1. The molecule has 8 heteroatoms. The fourth-order valence-corrected chi connectivity index (χ4v) is 2.64. The van der Waals surface area contributed by atoms with Crippen LogP contribution in [-0.2, 0) is 20.2 Å². The van der Waals surface area contributed by atoms with Crippen LogP contribution in [0.2, 0.25) is 0 Å². The van der Waals surface area contributed by atoms with Gasteiger partial charge in [0.15, 0.2) is 5.76 Å². The van der Waals surface area contributed by atoms with Crippen molar-refractivity contribution in [2.45, 2.75) is 13.2 Å². The third-order valence-corrected chi connectivity index (χ3v) is 4.17. The molecule has 2 heterocycles. The number of ether oxygens (including phenoxy) is 1. The minimum atomic E-state index is -0.332. The Morgan fingerprint density at radius 3 is 2.76 bits per heavy atom. The van der Waals surface area contributed by atoms with Crippen LogP contribution in [0.5, 0.6) is 5.75 Å². The molecule has 3 aromatic rings. The maximum Gasteiger partial charge on any atom is 0.287 e. The number of nitrogens with zero attached hydrogens (tertiary/aromatic N) is 2. The lowest BCUT2D eigenvalue weighted by Crippen LogP contribution is -2.23. The Kier molecular flexibility index (Phi) is 5.18.